The molecular formula is C13H16Br2F3NO. The highest BCUT2D eigenvalue weighted by Gasteiger charge is 2.29. The second kappa shape index (κ2) is 7.66. The lowest BCUT2D eigenvalue weighted by atomic mass is 10.2. The molecule has 0 saturated carbocycles. The lowest BCUT2D eigenvalue weighted by Gasteiger charge is -2.14. The van der Waals surface area contributed by atoms with Gasteiger partial charge in [0.1, 0.15) is 5.75 Å². The molecule has 0 fully saturated rings. The Labute approximate surface area is 133 Å². The van der Waals surface area contributed by atoms with Gasteiger partial charge in [0.15, 0.2) is 6.61 Å². The highest BCUT2D eigenvalue weighted by molar-refractivity contribution is 9.11. The van der Waals surface area contributed by atoms with E-state index in [1.54, 1.807) is 12.1 Å². The van der Waals surface area contributed by atoms with E-state index in [-0.39, 0.29) is 5.75 Å². The molecule has 0 spiro atoms. The zero-order valence-corrected chi connectivity index (χ0v) is 14.3. The molecule has 0 radical (unpaired) electrons. The molecule has 0 aliphatic heterocycles. The second-order valence-electron chi connectivity index (χ2n) is 4.82. The quantitative estimate of drug-likeness (QED) is 0.709. The molecule has 0 amide bonds. The summed E-state index contributed by atoms with van der Waals surface area (Å²) in [6.07, 6.45) is -4.35. The number of hydrogen-bond donors (Lipinski definition) is 1. The summed E-state index contributed by atoms with van der Waals surface area (Å²) >= 11 is 6.47. The molecule has 7 heteroatoms. The van der Waals surface area contributed by atoms with Gasteiger partial charge in [0.25, 0.3) is 0 Å². The van der Waals surface area contributed by atoms with Crippen LogP contribution < -0.4 is 10.1 Å². The third-order valence-corrected chi connectivity index (χ3v) is 3.50. The van der Waals surface area contributed by atoms with E-state index in [1.165, 1.54) is 0 Å². The van der Waals surface area contributed by atoms with Crippen LogP contribution in [0.3, 0.4) is 0 Å². The van der Waals surface area contributed by atoms with Crippen molar-refractivity contribution in [3.8, 4) is 5.75 Å². The topological polar surface area (TPSA) is 21.3 Å². The number of benzene rings is 1. The molecule has 0 unspecified atom stereocenters. The second-order valence-corrected chi connectivity index (χ2v) is 6.53. The number of ether oxygens (including phenoxy) is 1. The Hall–Kier alpha value is -0.270. The molecule has 1 rings (SSSR count). The van der Waals surface area contributed by atoms with Crippen molar-refractivity contribution in [1.29, 1.82) is 0 Å². The molecule has 0 bridgehead atoms. The van der Waals surface area contributed by atoms with Crippen LogP contribution in [0.4, 0.5) is 13.2 Å². The average molecular weight is 419 g/mol. The van der Waals surface area contributed by atoms with Gasteiger partial charge in [-0.2, -0.15) is 13.2 Å². The molecule has 20 heavy (non-hydrogen) atoms. The van der Waals surface area contributed by atoms with Gasteiger partial charge in [0.2, 0.25) is 0 Å². The maximum atomic E-state index is 12.2. The van der Waals surface area contributed by atoms with E-state index >= 15 is 0 Å². The average Bonchev–Trinajstić information content (AvgIpc) is 2.25. The Balaban J connectivity index is 2.71. The van der Waals surface area contributed by atoms with Gasteiger partial charge in [-0.1, -0.05) is 13.8 Å². The largest absolute Gasteiger partial charge is 0.482 e. The standard InChI is InChI=1S/C13H16Br2F3NO/c1-8(2)5-19-6-9-3-10(14)12(11(15)4-9)20-7-13(16,17)18/h3-4,8,19H,5-7H2,1-2H3. The maximum Gasteiger partial charge on any atom is 0.422 e. The van der Waals surface area contributed by atoms with E-state index in [0.29, 0.717) is 21.4 Å². The summed E-state index contributed by atoms with van der Waals surface area (Å²) in [6.45, 7) is 4.42. The van der Waals surface area contributed by atoms with E-state index in [1.807, 2.05) is 0 Å². The van der Waals surface area contributed by atoms with Crippen molar-refractivity contribution in [3.05, 3.63) is 26.6 Å². The Morgan fingerprint density at radius 2 is 1.75 bits per heavy atom. The predicted molar refractivity (Wildman–Crippen MR) is 79.9 cm³/mol. The summed E-state index contributed by atoms with van der Waals surface area (Å²) in [6, 6.07) is 3.51. The molecular weight excluding hydrogens is 403 g/mol. The first kappa shape index (κ1) is 17.8. The molecule has 0 saturated heterocycles. The van der Waals surface area contributed by atoms with Crippen LogP contribution in [-0.2, 0) is 6.54 Å². The minimum Gasteiger partial charge on any atom is -0.482 e. The van der Waals surface area contributed by atoms with Crippen molar-refractivity contribution in [1.82, 2.24) is 5.32 Å². The van der Waals surface area contributed by atoms with Crippen LogP contribution in [0.5, 0.6) is 5.75 Å². The van der Waals surface area contributed by atoms with Crippen LogP contribution in [0, 0.1) is 5.92 Å². The molecule has 114 valence electrons. The van der Waals surface area contributed by atoms with Crippen LogP contribution in [0.2, 0.25) is 0 Å². The van der Waals surface area contributed by atoms with Crippen LogP contribution in [0.25, 0.3) is 0 Å². The SMILES string of the molecule is CC(C)CNCc1cc(Br)c(OCC(F)(F)F)c(Br)c1. The summed E-state index contributed by atoms with van der Waals surface area (Å²) in [5, 5.41) is 3.27. The van der Waals surface area contributed by atoms with Gasteiger partial charge in [-0.15, -0.1) is 0 Å². The van der Waals surface area contributed by atoms with E-state index in [9.17, 15) is 13.2 Å². The summed E-state index contributed by atoms with van der Waals surface area (Å²) in [4.78, 5) is 0. The third kappa shape index (κ3) is 6.45. The smallest absolute Gasteiger partial charge is 0.422 e. The van der Waals surface area contributed by atoms with Crippen LogP contribution in [0.1, 0.15) is 19.4 Å². The van der Waals surface area contributed by atoms with Crippen LogP contribution >= 0.6 is 31.9 Å². The Morgan fingerprint density at radius 1 is 1.20 bits per heavy atom. The Morgan fingerprint density at radius 3 is 2.20 bits per heavy atom. The number of hydrogen-bond acceptors (Lipinski definition) is 2. The number of rotatable bonds is 6. The van der Waals surface area contributed by atoms with Gasteiger partial charge < -0.3 is 10.1 Å². The van der Waals surface area contributed by atoms with Gasteiger partial charge in [0.05, 0.1) is 8.95 Å². The van der Waals surface area contributed by atoms with E-state index in [0.717, 1.165) is 12.1 Å². The first-order chi connectivity index (χ1) is 9.19. The van der Waals surface area contributed by atoms with Gasteiger partial charge in [-0.25, -0.2) is 0 Å². The zero-order chi connectivity index (χ0) is 15.3. The molecule has 0 atom stereocenters. The highest BCUT2D eigenvalue weighted by Crippen LogP contribution is 2.35. The number of nitrogens with one attached hydrogen (secondary N) is 1. The van der Waals surface area contributed by atoms with E-state index in [4.69, 9.17) is 4.74 Å². The van der Waals surface area contributed by atoms with Gasteiger partial charge in [0, 0.05) is 6.54 Å². The molecule has 1 aromatic carbocycles. The summed E-state index contributed by atoms with van der Waals surface area (Å²) in [5.74, 6) is 0.700. The molecule has 1 N–H and O–H groups in total. The maximum absolute atomic E-state index is 12.2. The lowest BCUT2D eigenvalue weighted by Crippen LogP contribution is -2.20. The van der Waals surface area contributed by atoms with Crippen molar-refractivity contribution in [2.75, 3.05) is 13.2 Å². The summed E-state index contributed by atoms with van der Waals surface area (Å²) in [5.41, 5.74) is 0.962. The molecule has 0 aliphatic rings. The molecule has 0 aromatic heterocycles. The fraction of sp³-hybridized carbons (Fsp3) is 0.538. The van der Waals surface area contributed by atoms with Crippen molar-refractivity contribution >= 4 is 31.9 Å². The Bertz CT molecular complexity index is 427. The normalized spacial score (nSPS) is 12.0. The van der Waals surface area contributed by atoms with Gasteiger partial charge in [-0.3, -0.25) is 0 Å². The van der Waals surface area contributed by atoms with Crippen molar-refractivity contribution in [2.24, 2.45) is 5.92 Å². The zero-order valence-electron chi connectivity index (χ0n) is 11.2. The van der Waals surface area contributed by atoms with E-state index < -0.39 is 12.8 Å². The summed E-state index contributed by atoms with van der Waals surface area (Å²) < 4.78 is 42.3. The van der Waals surface area contributed by atoms with Crippen molar-refractivity contribution in [2.45, 2.75) is 26.6 Å². The first-order valence-electron chi connectivity index (χ1n) is 6.07. The van der Waals surface area contributed by atoms with Crippen molar-refractivity contribution in [3.63, 3.8) is 0 Å². The van der Waals surface area contributed by atoms with Gasteiger partial charge in [-0.05, 0) is 62.0 Å². The number of halogens is 5. The number of alkyl halides is 3. The fourth-order valence-electron chi connectivity index (χ4n) is 1.51. The van der Waals surface area contributed by atoms with E-state index in [2.05, 4.69) is 51.0 Å². The fourth-order valence-corrected chi connectivity index (χ4v) is 3.02. The third-order valence-electron chi connectivity index (χ3n) is 2.32. The minimum atomic E-state index is -4.35. The van der Waals surface area contributed by atoms with Crippen LogP contribution in [-0.4, -0.2) is 19.3 Å². The van der Waals surface area contributed by atoms with Crippen LogP contribution in [0.15, 0.2) is 21.1 Å². The summed E-state index contributed by atoms with van der Waals surface area (Å²) in [7, 11) is 0. The molecule has 0 heterocycles. The lowest BCUT2D eigenvalue weighted by molar-refractivity contribution is -0.153. The highest BCUT2D eigenvalue weighted by atomic mass is 79.9. The minimum absolute atomic E-state index is 0.162. The van der Waals surface area contributed by atoms with Gasteiger partial charge >= 0.3 is 6.18 Å². The molecule has 2 nitrogen and oxygen atoms in total. The monoisotopic (exact) mass is 417 g/mol. The molecule has 0 aliphatic carbocycles. The first-order valence-corrected chi connectivity index (χ1v) is 7.66. The Kier molecular flexibility index (Phi) is 6.81. The predicted octanol–water partition coefficient (Wildman–Crippen LogP) is 4.90. The van der Waals surface area contributed by atoms with Crippen molar-refractivity contribution < 1.29 is 17.9 Å². The molecule has 1 aromatic rings.